The van der Waals surface area contributed by atoms with Crippen LogP contribution < -0.4 is 10.6 Å². The zero-order valence-electron chi connectivity index (χ0n) is 9.57. The standard InChI is InChI=1S/C10H14FNO4S/c1-15-10-7(5-6-16-12)3-4-8(9(10)11)17(2,13)14/h3-4H,5-6,12H2,1-2H3. The minimum absolute atomic E-state index is 0.0926. The van der Waals surface area contributed by atoms with E-state index >= 15 is 0 Å². The van der Waals surface area contributed by atoms with Crippen LogP contribution in [0.15, 0.2) is 17.0 Å². The molecule has 1 rings (SSSR count). The molecule has 0 aliphatic heterocycles. The van der Waals surface area contributed by atoms with Gasteiger partial charge in [0, 0.05) is 12.7 Å². The van der Waals surface area contributed by atoms with Gasteiger partial charge < -0.3 is 9.57 Å². The summed E-state index contributed by atoms with van der Waals surface area (Å²) < 4.78 is 41.4. The molecule has 0 spiro atoms. The lowest BCUT2D eigenvalue weighted by Gasteiger charge is -2.11. The van der Waals surface area contributed by atoms with E-state index in [9.17, 15) is 12.8 Å². The molecule has 0 amide bonds. The van der Waals surface area contributed by atoms with Crippen molar-refractivity contribution in [3.05, 3.63) is 23.5 Å². The Morgan fingerprint density at radius 2 is 2.06 bits per heavy atom. The number of benzene rings is 1. The number of rotatable bonds is 5. The summed E-state index contributed by atoms with van der Waals surface area (Å²) in [5.74, 6) is 3.90. The van der Waals surface area contributed by atoms with Crippen LogP contribution in [0.3, 0.4) is 0 Å². The molecule has 7 heteroatoms. The van der Waals surface area contributed by atoms with Crippen LogP contribution >= 0.6 is 0 Å². The Hall–Kier alpha value is -1.18. The summed E-state index contributed by atoms with van der Waals surface area (Å²) in [6, 6.07) is 2.69. The summed E-state index contributed by atoms with van der Waals surface area (Å²) in [4.78, 5) is 4.00. The zero-order chi connectivity index (χ0) is 13.1. The molecule has 0 unspecified atom stereocenters. The highest BCUT2D eigenvalue weighted by molar-refractivity contribution is 7.90. The Morgan fingerprint density at radius 1 is 1.41 bits per heavy atom. The van der Waals surface area contributed by atoms with Crippen molar-refractivity contribution in [2.45, 2.75) is 11.3 Å². The van der Waals surface area contributed by atoms with Crippen molar-refractivity contribution in [2.75, 3.05) is 20.0 Å². The van der Waals surface area contributed by atoms with E-state index in [1.807, 2.05) is 0 Å². The highest BCUT2D eigenvalue weighted by Gasteiger charge is 2.20. The second-order valence-electron chi connectivity index (χ2n) is 3.46. The second-order valence-corrected chi connectivity index (χ2v) is 5.45. The minimum atomic E-state index is -3.61. The molecule has 2 N–H and O–H groups in total. The van der Waals surface area contributed by atoms with Crippen LogP contribution in [0.25, 0.3) is 0 Å². The second kappa shape index (κ2) is 5.44. The highest BCUT2D eigenvalue weighted by atomic mass is 32.2. The van der Waals surface area contributed by atoms with Gasteiger partial charge in [-0.3, -0.25) is 0 Å². The third-order valence-electron chi connectivity index (χ3n) is 2.24. The van der Waals surface area contributed by atoms with Crippen molar-refractivity contribution >= 4 is 9.84 Å². The van der Waals surface area contributed by atoms with E-state index in [-0.39, 0.29) is 17.3 Å². The Balaban J connectivity index is 3.27. The normalized spacial score (nSPS) is 11.5. The summed E-state index contributed by atoms with van der Waals surface area (Å²) in [6.07, 6.45) is 1.27. The van der Waals surface area contributed by atoms with Gasteiger partial charge in [-0.05, 0) is 11.6 Å². The lowest BCUT2D eigenvalue weighted by atomic mass is 10.1. The fourth-order valence-electron chi connectivity index (χ4n) is 1.45. The van der Waals surface area contributed by atoms with Crippen molar-refractivity contribution in [2.24, 2.45) is 5.90 Å². The molecule has 0 aliphatic rings. The maximum Gasteiger partial charge on any atom is 0.183 e. The van der Waals surface area contributed by atoms with Gasteiger partial charge in [0.1, 0.15) is 4.90 Å². The molecule has 96 valence electrons. The molecule has 0 saturated carbocycles. The van der Waals surface area contributed by atoms with E-state index in [4.69, 9.17) is 10.6 Å². The third kappa shape index (κ3) is 3.15. The Kier molecular flexibility index (Phi) is 4.44. The van der Waals surface area contributed by atoms with Gasteiger partial charge in [0.2, 0.25) is 0 Å². The number of hydrogen-bond donors (Lipinski definition) is 1. The molecule has 1 aromatic carbocycles. The lowest BCUT2D eigenvalue weighted by Crippen LogP contribution is -2.08. The van der Waals surface area contributed by atoms with Gasteiger partial charge in [0.05, 0.1) is 13.7 Å². The van der Waals surface area contributed by atoms with Crippen molar-refractivity contribution in [3.8, 4) is 5.75 Å². The number of sulfone groups is 1. The molecule has 0 heterocycles. The number of hydrogen-bond acceptors (Lipinski definition) is 5. The number of nitrogens with two attached hydrogens (primary N) is 1. The molecular weight excluding hydrogens is 249 g/mol. The third-order valence-corrected chi connectivity index (χ3v) is 3.35. The molecule has 0 fully saturated rings. The quantitative estimate of drug-likeness (QED) is 0.790. The van der Waals surface area contributed by atoms with Crippen LogP contribution in [0.2, 0.25) is 0 Å². The summed E-state index contributed by atoms with van der Waals surface area (Å²) in [5.41, 5.74) is 0.503. The van der Waals surface area contributed by atoms with Gasteiger partial charge in [0.25, 0.3) is 0 Å². The van der Waals surface area contributed by atoms with Gasteiger partial charge in [-0.1, -0.05) is 6.07 Å². The van der Waals surface area contributed by atoms with E-state index in [0.717, 1.165) is 6.26 Å². The Morgan fingerprint density at radius 3 is 2.53 bits per heavy atom. The van der Waals surface area contributed by atoms with Crippen LogP contribution in [0, 0.1) is 5.82 Å². The first-order chi connectivity index (χ1) is 7.91. The molecule has 5 nitrogen and oxygen atoms in total. The predicted octanol–water partition coefficient (Wildman–Crippen LogP) is 0.671. The predicted molar refractivity (Wildman–Crippen MR) is 59.9 cm³/mol. The van der Waals surface area contributed by atoms with Crippen molar-refractivity contribution in [3.63, 3.8) is 0 Å². The molecule has 0 aromatic heterocycles. The minimum Gasteiger partial charge on any atom is -0.493 e. The van der Waals surface area contributed by atoms with Gasteiger partial charge in [0.15, 0.2) is 21.4 Å². The highest BCUT2D eigenvalue weighted by Crippen LogP contribution is 2.28. The molecule has 0 bridgehead atoms. The molecule has 0 atom stereocenters. The van der Waals surface area contributed by atoms with E-state index in [1.54, 1.807) is 0 Å². The summed E-state index contributed by atoms with van der Waals surface area (Å²) in [6.45, 7) is 0.189. The average molecular weight is 263 g/mol. The zero-order valence-corrected chi connectivity index (χ0v) is 10.4. The first kappa shape index (κ1) is 13.9. The molecule has 1 aromatic rings. The van der Waals surface area contributed by atoms with Crippen molar-refractivity contribution in [1.29, 1.82) is 0 Å². The van der Waals surface area contributed by atoms with E-state index in [0.29, 0.717) is 12.0 Å². The largest absolute Gasteiger partial charge is 0.493 e. The summed E-state index contributed by atoms with van der Waals surface area (Å²) in [7, 11) is -2.34. The molecule has 0 aliphatic carbocycles. The van der Waals surface area contributed by atoms with E-state index in [2.05, 4.69) is 4.84 Å². The number of halogens is 1. The maximum atomic E-state index is 13.9. The number of methoxy groups -OCH3 is 1. The number of ether oxygens (including phenoxy) is 1. The van der Waals surface area contributed by atoms with Gasteiger partial charge in [-0.2, -0.15) is 0 Å². The fourth-order valence-corrected chi connectivity index (χ4v) is 2.18. The van der Waals surface area contributed by atoms with Crippen molar-refractivity contribution in [1.82, 2.24) is 0 Å². The lowest BCUT2D eigenvalue weighted by molar-refractivity contribution is 0.140. The van der Waals surface area contributed by atoms with Crippen LogP contribution in [-0.2, 0) is 21.1 Å². The first-order valence-corrected chi connectivity index (χ1v) is 6.68. The van der Waals surface area contributed by atoms with Gasteiger partial charge in [-0.25, -0.2) is 18.7 Å². The van der Waals surface area contributed by atoms with E-state index < -0.39 is 15.7 Å². The monoisotopic (exact) mass is 263 g/mol. The SMILES string of the molecule is COc1c(CCON)ccc(S(C)(=O)=O)c1F. The molecule has 0 saturated heterocycles. The summed E-state index contributed by atoms with van der Waals surface area (Å²) >= 11 is 0. The van der Waals surface area contributed by atoms with Crippen LogP contribution in [-0.4, -0.2) is 28.4 Å². The molecule has 17 heavy (non-hydrogen) atoms. The van der Waals surface area contributed by atoms with Crippen LogP contribution in [0.5, 0.6) is 5.75 Å². The van der Waals surface area contributed by atoms with Gasteiger partial charge >= 0.3 is 0 Å². The smallest absolute Gasteiger partial charge is 0.183 e. The van der Waals surface area contributed by atoms with Crippen LogP contribution in [0.1, 0.15) is 5.56 Å². The van der Waals surface area contributed by atoms with Crippen LogP contribution in [0.4, 0.5) is 4.39 Å². The molecule has 0 radical (unpaired) electrons. The first-order valence-electron chi connectivity index (χ1n) is 4.79. The fraction of sp³-hybridized carbons (Fsp3) is 0.400. The molecular formula is C10H14FNO4S. The average Bonchev–Trinajstić information content (AvgIpc) is 2.24. The topological polar surface area (TPSA) is 78.6 Å². The van der Waals surface area contributed by atoms with Gasteiger partial charge in [-0.15, -0.1) is 0 Å². The maximum absolute atomic E-state index is 13.9. The Bertz CT molecular complexity index is 501. The van der Waals surface area contributed by atoms with E-state index in [1.165, 1.54) is 19.2 Å². The Labute approximate surface area is 99.2 Å². The summed E-state index contributed by atoms with van der Waals surface area (Å²) in [5, 5.41) is 0. The van der Waals surface area contributed by atoms with Crippen molar-refractivity contribution < 1.29 is 22.4 Å².